The third kappa shape index (κ3) is 2.81. The minimum atomic E-state index is -0.685. The highest BCUT2D eigenvalue weighted by atomic mass is 16.3. The maximum atomic E-state index is 11.3. The maximum absolute atomic E-state index is 11.3. The number of hydrogen-bond donors (Lipinski definition) is 4. The van der Waals surface area contributed by atoms with E-state index in [0.717, 1.165) is 51.4 Å². The Bertz CT molecular complexity index is 881. The SMILES string of the molecule is CC1(C)C[C@@H]2C3=CC[C@@H]4[C@]5(C)CC[C@H](O)[C@](C)(CO)[C@@H]5CC[C@]4(C)[C@]3(C)CC[C@]2(C)[C@@H](O)[C@H]1O. The highest BCUT2D eigenvalue weighted by Gasteiger charge is 2.69. The Balaban J connectivity index is 1.58. The smallest absolute Gasteiger partial charge is 0.0863 e. The molecule has 0 spiro atoms. The minimum absolute atomic E-state index is 0.0614. The van der Waals surface area contributed by atoms with Crippen molar-refractivity contribution in [2.45, 2.75) is 118 Å². The van der Waals surface area contributed by atoms with Crippen molar-refractivity contribution in [1.82, 2.24) is 0 Å². The third-order valence-corrected chi connectivity index (χ3v) is 13.5. The van der Waals surface area contributed by atoms with Gasteiger partial charge >= 0.3 is 0 Å². The summed E-state index contributed by atoms with van der Waals surface area (Å²) in [4.78, 5) is 0. The number of allylic oxidation sites excluding steroid dienone is 2. The molecule has 194 valence electrons. The lowest BCUT2D eigenvalue weighted by Gasteiger charge is -2.72. The second-order valence-corrected chi connectivity index (χ2v) is 15.2. The Morgan fingerprint density at radius 1 is 0.794 bits per heavy atom. The first-order chi connectivity index (χ1) is 15.6. The molecular formula is C30H50O4. The van der Waals surface area contributed by atoms with Crippen LogP contribution < -0.4 is 0 Å². The lowest BCUT2D eigenvalue weighted by Crippen LogP contribution is -2.67. The van der Waals surface area contributed by atoms with Crippen LogP contribution in [0.5, 0.6) is 0 Å². The maximum Gasteiger partial charge on any atom is 0.0863 e. The van der Waals surface area contributed by atoms with Crippen LogP contribution in [0.4, 0.5) is 0 Å². The van der Waals surface area contributed by atoms with Gasteiger partial charge in [-0.3, -0.25) is 0 Å². The summed E-state index contributed by atoms with van der Waals surface area (Å²) in [6, 6.07) is 0. The van der Waals surface area contributed by atoms with E-state index in [0.29, 0.717) is 17.8 Å². The van der Waals surface area contributed by atoms with E-state index in [-0.39, 0.29) is 33.7 Å². The van der Waals surface area contributed by atoms with Crippen molar-refractivity contribution < 1.29 is 20.4 Å². The zero-order valence-electron chi connectivity index (χ0n) is 22.7. The van der Waals surface area contributed by atoms with E-state index >= 15 is 0 Å². The molecule has 0 aliphatic heterocycles. The topological polar surface area (TPSA) is 80.9 Å². The Hall–Kier alpha value is -0.420. The fourth-order valence-electron chi connectivity index (χ4n) is 10.7. The fourth-order valence-corrected chi connectivity index (χ4v) is 10.7. The molecule has 4 nitrogen and oxygen atoms in total. The Kier molecular flexibility index (Phi) is 5.44. The molecule has 34 heavy (non-hydrogen) atoms. The average Bonchev–Trinajstić information content (AvgIpc) is 2.77. The molecule has 0 aromatic rings. The zero-order chi connectivity index (χ0) is 25.1. The van der Waals surface area contributed by atoms with Crippen molar-refractivity contribution in [2.24, 2.45) is 50.2 Å². The second kappa shape index (κ2) is 7.33. The van der Waals surface area contributed by atoms with Crippen LogP contribution in [-0.4, -0.2) is 45.3 Å². The van der Waals surface area contributed by atoms with Crippen LogP contribution in [-0.2, 0) is 0 Å². The number of rotatable bonds is 1. The van der Waals surface area contributed by atoms with Crippen molar-refractivity contribution in [1.29, 1.82) is 0 Å². The van der Waals surface area contributed by atoms with Gasteiger partial charge in [0.25, 0.3) is 0 Å². The van der Waals surface area contributed by atoms with Crippen LogP contribution >= 0.6 is 0 Å². The van der Waals surface area contributed by atoms with Gasteiger partial charge in [0.1, 0.15) is 0 Å². The van der Waals surface area contributed by atoms with Crippen molar-refractivity contribution in [3.63, 3.8) is 0 Å². The van der Waals surface area contributed by atoms with Crippen molar-refractivity contribution >= 4 is 0 Å². The van der Waals surface area contributed by atoms with E-state index in [1.807, 2.05) is 0 Å². The Morgan fingerprint density at radius 2 is 1.47 bits per heavy atom. The predicted molar refractivity (Wildman–Crippen MR) is 135 cm³/mol. The zero-order valence-corrected chi connectivity index (χ0v) is 22.7. The summed E-state index contributed by atoms with van der Waals surface area (Å²) < 4.78 is 0. The summed E-state index contributed by atoms with van der Waals surface area (Å²) in [5.74, 6) is 1.17. The monoisotopic (exact) mass is 474 g/mol. The van der Waals surface area contributed by atoms with E-state index in [9.17, 15) is 20.4 Å². The van der Waals surface area contributed by atoms with Gasteiger partial charge in [0.2, 0.25) is 0 Å². The molecule has 4 N–H and O–H groups in total. The first-order valence-corrected chi connectivity index (χ1v) is 14.0. The largest absolute Gasteiger partial charge is 0.396 e. The van der Waals surface area contributed by atoms with Gasteiger partial charge in [0.05, 0.1) is 24.9 Å². The molecule has 5 aliphatic rings. The van der Waals surface area contributed by atoms with E-state index in [4.69, 9.17) is 0 Å². The molecule has 0 unspecified atom stereocenters. The Morgan fingerprint density at radius 3 is 2.12 bits per heavy atom. The molecule has 4 heteroatoms. The summed E-state index contributed by atoms with van der Waals surface area (Å²) in [6.07, 6.45) is 8.79. The molecule has 0 bridgehead atoms. The van der Waals surface area contributed by atoms with Crippen LogP contribution in [0.1, 0.15) is 99.8 Å². The van der Waals surface area contributed by atoms with Crippen LogP contribution in [0.2, 0.25) is 0 Å². The normalized spacial score (nSPS) is 58.6. The quantitative estimate of drug-likeness (QED) is 0.399. The van der Waals surface area contributed by atoms with Gasteiger partial charge in [-0.15, -0.1) is 0 Å². The summed E-state index contributed by atoms with van der Waals surface area (Å²) >= 11 is 0. The summed E-state index contributed by atoms with van der Waals surface area (Å²) in [6.45, 7) is 16.2. The van der Waals surface area contributed by atoms with Gasteiger partial charge in [0.15, 0.2) is 0 Å². The van der Waals surface area contributed by atoms with E-state index in [1.54, 1.807) is 5.57 Å². The molecule has 5 aliphatic carbocycles. The number of hydrogen-bond acceptors (Lipinski definition) is 4. The van der Waals surface area contributed by atoms with Crippen LogP contribution in [0.3, 0.4) is 0 Å². The highest BCUT2D eigenvalue weighted by molar-refractivity contribution is 5.34. The van der Waals surface area contributed by atoms with Gasteiger partial charge < -0.3 is 20.4 Å². The van der Waals surface area contributed by atoms with Crippen LogP contribution in [0.15, 0.2) is 11.6 Å². The Labute approximate surface area is 207 Å². The average molecular weight is 475 g/mol. The number of aliphatic hydroxyl groups excluding tert-OH is 4. The minimum Gasteiger partial charge on any atom is -0.396 e. The van der Waals surface area contributed by atoms with Crippen molar-refractivity contribution in [2.75, 3.05) is 6.61 Å². The standard InChI is InChI=1S/C30H50O4/c1-25(2)16-19-18-8-9-21-27(4)12-11-22(32)28(5,17-31)20(27)10-13-30(21,7)29(18,6)15-14-26(19,3)24(34)23(25)33/h8,19-24,31-34H,9-17H2,1-7H3/t19-,20-,21-,22+,23-,24+,26+,27-,28-,29-,30+/m1/s1. The molecule has 4 fully saturated rings. The van der Waals surface area contributed by atoms with Crippen molar-refractivity contribution in [3.05, 3.63) is 11.6 Å². The summed E-state index contributed by atoms with van der Waals surface area (Å²) in [5.41, 5.74) is 0.920. The van der Waals surface area contributed by atoms with E-state index < -0.39 is 23.7 Å². The molecule has 0 aromatic carbocycles. The molecular weight excluding hydrogens is 424 g/mol. The summed E-state index contributed by atoms with van der Waals surface area (Å²) in [5, 5.41) is 43.6. The molecule has 0 heterocycles. The number of fused-ring (bicyclic) bond motifs is 7. The summed E-state index contributed by atoms with van der Waals surface area (Å²) in [7, 11) is 0. The lowest BCUT2D eigenvalue weighted by atomic mass is 9.33. The lowest BCUT2D eigenvalue weighted by molar-refractivity contribution is -0.225. The first kappa shape index (κ1) is 25.2. The van der Waals surface area contributed by atoms with Crippen LogP contribution in [0, 0.1) is 50.2 Å². The van der Waals surface area contributed by atoms with Crippen LogP contribution in [0.25, 0.3) is 0 Å². The predicted octanol–water partition coefficient (Wildman–Crippen LogP) is 5.08. The van der Waals surface area contributed by atoms with Gasteiger partial charge in [0, 0.05) is 10.8 Å². The molecule has 0 saturated heterocycles. The second-order valence-electron chi connectivity index (χ2n) is 15.2. The van der Waals surface area contributed by atoms with Gasteiger partial charge in [-0.25, -0.2) is 0 Å². The van der Waals surface area contributed by atoms with Gasteiger partial charge in [-0.2, -0.15) is 0 Å². The van der Waals surface area contributed by atoms with Crippen molar-refractivity contribution in [3.8, 4) is 0 Å². The molecule has 5 rings (SSSR count). The molecule has 0 radical (unpaired) electrons. The van der Waals surface area contributed by atoms with E-state index in [1.165, 1.54) is 0 Å². The van der Waals surface area contributed by atoms with Gasteiger partial charge in [-0.1, -0.05) is 60.1 Å². The van der Waals surface area contributed by atoms with E-state index in [2.05, 4.69) is 54.5 Å². The fraction of sp³-hybridized carbons (Fsp3) is 0.933. The van der Waals surface area contributed by atoms with Gasteiger partial charge in [-0.05, 0) is 90.8 Å². The number of aliphatic hydroxyl groups is 4. The molecule has 4 saturated carbocycles. The molecule has 0 aromatic heterocycles. The molecule has 11 atom stereocenters. The molecule has 0 amide bonds. The highest BCUT2D eigenvalue weighted by Crippen LogP contribution is 2.75. The third-order valence-electron chi connectivity index (χ3n) is 13.5. The first-order valence-electron chi connectivity index (χ1n) is 14.0.